The Kier molecular flexibility index (Phi) is 3.82. The Labute approximate surface area is 122 Å². The highest BCUT2D eigenvalue weighted by Crippen LogP contribution is 2.48. The van der Waals surface area contributed by atoms with Crippen molar-refractivity contribution in [1.82, 2.24) is 0 Å². The molecule has 2 saturated carbocycles. The molecule has 0 aromatic heterocycles. The third-order valence-electron chi connectivity index (χ3n) is 5.43. The number of fused-ring (bicyclic) bond motifs is 2. The van der Waals surface area contributed by atoms with E-state index in [0.29, 0.717) is 11.8 Å². The van der Waals surface area contributed by atoms with Crippen molar-refractivity contribution in [2.24, 2.45) is 17.8 Å². The number of carbonyl (C=O) groups excluding carboxylic acids is 1. The SMILES string of the molecule is CC[C@H](C)c1ccc(NC(=O)[C@@H]2C[C@H]3CC[C@@H]2C3)cc1. The summed E-state index contributed by atoms with van der Waals surface area (Å²) in [4.78, 5) is 12.4. The van der Waals surface area contributed by atoms with E-state index in [1.54, 1.807) is 0 Å². The largest absolute Gasteiger partial charge is 0.326 e. The molecule has 0 radical (unpaired) electrons. The third kappa shape index (κ3) is 2.61. The van der Waals surface area contributed by atoms with Crippen LogP contribution in [-0.2, 0) is 4.79 Å². The lowest BCUT2D eigenvalue weighted by Gasteiger charge is -2.21. The molecule has 0 spiro atoms. The Morgan fingerprint density at radius 3 is 2.55 bits per heavy atom. The fraction of sp³-hybridized carbons (Fsp3) is 0.611. The average molecular weight is 271 g/mol. The standard InChI is InChI=1S/C18H25NO/c1-3-12(2)14-6-8-16(9-7-14)19-18(20)17-11-13-4-5-15(17)10-13/h6-9,12-13,15,17H,3-5,10-11H2,1-2H3,(H,19,20)/t12-,13-,15+,17+/m0/s1. The molecular formula is C18H25NO. The summed E-state index contributed by atoms with van der Waals surface area (Å²) in [5, 5.41) is 3.11. The Bertz CT molecular complexity index is 479. The predicted octanol–water partition coefficient (Wildman–Crippen LogP) is 4.57. The predicted molar refractivity (Wildman–Crippen MR) is 82.7 cm³/mol. The molecule has 1 amide bonds. The van der Waals surface area contributed by atoms with E-state index >= 15 is 0 Å². The summed E-state index contributed by atoms with van der Waals surface area (Å²) in [6, 6.07) is 8.38. The van der Waals surface area contributed by atoms with Gasteiger partial charge in [0.1, 0.15) is 0 Å². The second-order valence-corrected chi connectivity index (χ2v) is 6.70. The second-order valence-electron chi connectivity index (χ2n) is 6.70. The van der Waals surface area contributed by atoms with Crippen molar-refractivity contribution in [2.75, 3.05) is 5.32 Å². The van der Waals surface area contributed by atoms with Gasteiger partial charge in [0.05, 0.1) is 0 Å². The fourth-order valence-electron chi connectivity index (χ4n) is 3.93. The van der Waals surface area contributed by atoms with Gasteiger partial charge >= 0.3 is 0 Å². The number of nitrogens with one attached hydrogen (secondary N) is 1. The second kappa shape index (κ2) is 5.59. The minimum absolute atomic E-state index is 0.244. The van der Waals surface area contributed by atoms with Gasteiger partial charge < -0.3 is 5.32 Å². The van der Waals surface area contributed by atoms with Crippen LogP contribution in [0.2, 0.25) is 0 Å². The number of benzene rings is 1. The van der Waals surface area contributed by atoms with Gasteiger partial charge in [-0.2, -0.15) is 0 Å². The van der Waals surface area contributed by atoms with E-state index in [4.69, 9.17) is 0 Å². The molecule has 0 saturated heterocycles. The van der Waals surface area contributed by atoms with Gasteiger partial charge in [-0.1, -0.05) is 32.4 Å². The highest BCUT2D eigenvalue weighted by atomic mass is 16.1. The van der Waals surface area contributed by atoms with E-state index in [2.05, 4.69) is 31.3 Å². The van der Waals surface area contributed by atoms with Gasteiger partial charge in [0.2, 0.25) is 5.91 Å². The number of hydrogen-bond acceptors (Lipinski definition) is 1. The van der Waals surface area contributed by atoms with Crippen LogP contribution in [-0.4, -0.2) is 5.91 Å². The number of hydrogen-bond donors (Lipinski definition) is 1. The van der Waals surface area contributed by atoms with Crippen LogP contribution in [0.5, 0.6) is 0 Å². The zero-order chi connectivity index (χ0) is 14.1. The molecule has 108 valence electrons. The fourth-order valence-corrected chi connectivity index (χ4v) is 3.93. The van der Waals surface area contributed by atoms with E-state index < -0.39 is 0 Å². The maximum absolute atomic E-state index is 12.4. The third-order valence-corrected chi connectivity index (χ3v) is 5.43. The summed E-state index contributed by atoms with van der Waals surface area (Å²) in [7, 11) is 0. The van der Waals surface area contributed by atoms with Gasteiger partial charge in [0.15, 0.2) is 0 Å². The molecule has 1 aromatic rings. The van der Waals surface area contributed by atoms with Crippen molar-refractivity contribution >= 4 is 11.6 Å². The normalized spacial score (nSPS) is 29.4. The maximum Gasteiger partial charge on any atom is 0.227 e. The lowest BCUT2D eigenvalue weighted by Crippen LogP contribution is -2.27. The van der Waals surface area contributed by atoms with Crippen LogP contribution in [0.25, 0.3) is 0 Å². The van der Waals surface area contributed by atoms with Crippen LogP contribution < -0.4 is 5.32 Å². The van der Waals surface area contributed by atoms with Crippen molar-refractivity contribution in [2.45, 2.75) is 51.9 Å². The number of rotatable bonds is 4. The lowest BCUT2D eigenvalue weighted by molar-refractivity contribution is -0.121. The summed E-state index contributed by atoms with van der Waals surface area (Å²) in [5.41, 5.74) is 2.30. The molecule has 2 fully saturated rings. The zero-order valence-electron chi connectivity index (χ0n) is 12.6. The molecule has 2 heteroatoms. The van der Waals surface area contributed by atoms with Gasteiger partial charge in [-0.05, 0) is 61.1 Å². The maximum atomic E-state index is 12.4. The summed E-state index contributed by atoms with van der Waals surface area (Å²) < 4.78 is 0. The van der Waals surface area contributed by atoms with E-state index in [0.717, 1.165) is 24.4 Å². The smallest absolute Gasteiger partial charge is 0.227 e. The van der Waals surface area contributed by atoms with Crippen LogP contribution in [0.15, 0.2) is 24.3 Å². The van der Waals surface area contributed by atoms with Gasteiger partial charge in [-0.25, -0.2) is 0 Å². The first-order chi connectivity index (χ1) is 9.67. The van der Waals surface area contributed by atoms with Crippen molar-refractivity contribution in [3.63, 3.8) is 0 Å². The molecule has 3 rings (SSSR count). The quantitative estimate of drug-likeness (QED) is 0.853. The average Bonchev–Trinajstić information content (AvgIpc) is 3.10. The molecular weight excluding hydrogens is 246 g/mol. The number of carbonyl (C=O) groups is 1. The Morgan fingerprint density at radius 1 is 1.25 bits per heavy atom. The van der Waals surface area contributed by atoms with Gasteiger partial charge in [-0.3, -0.25) is 4.79 Å². The zero-order valence-corrected chi connectivity index (χ0v) is 12.6. The Morgan fingerprint density at radius 2 is 2.00 bits per heavy atom. The summed E-state index contributed by atoms with van der Waals surface area (Å²) in [5.74, 6) is 2.57. The molecule has 1 N–H and O–H groups in total. The lowest BCUT2D eigenvalue weighted by atomic mass is 9.88. The molecule has 4 atom stereocenters. The highest BCUT2D eigenvalue weighted by molar-refractivity contribution is 5.93. The number of anilines is 1. The van der Waals surface area contributed by atoms with Crippen LogP contribution in [0.1, 0.15) is 57.4 Å². The van der Waals surface area contributed by atoms with E-state index in [-0.39, 0.29) is 11.8 Å². The summed E-state index contributed by atoms with van der Waals surface area (Å²) in [6.45, 7) is 4.44. The Hall–Kier alpha value is -1.31. The minimum atomic E-state index is 0.244. The van der Waals surface area contributed by atoms with Crippen molar-refractivity contribution in [3.05, 3.63) is 29.8 Å². The molecule has 2 aliphatic rings. The Balaban J connectivity index is 1.61. The van der Waals surface area contributed by atoms with Crippen LogP contribution in [0.3, 0.4) is 0 Å². The molecule has 0 aliphatic heterocycles. The molecule has 2 nitrogen and oxygen atoms in total. The minimum Gasteiger partial charge on any atom is -0.326 e. The van der Waals surface area contributed by atoms with E-state index in [1.807, 2.05) is 12.1 Å². The van der Waals surface area contributed by atoms with Gasteiger partial charge in [0.25, 0.3) is 0 Å². The summed E-state index contributed by atoms with van der Waals surface area (Å²) in [6.07, 6.45) is 6.15. The molecule has 2 aliphatic carbocycles. The molecule has 0 heterocycles. The first-order valence-corrected chi connectivity index (χ1v) is 8.08. The summed E-state index contributed by atoms with van der Waals surface area (Å²) >= 11 is 0. The molecule has 2 bridgehead atoms. The van der Waals surface area contributed by atoms with E-state index in [9.17, 15) is 4.79 Å². The molecule has 0 unspecified atom stereocenters. The molecule has 1 aromatic carbocycles. The van der Waals surface area contributed by atoms with Crippen LogP contribution in [0.4, 0.5) is 5.69 Å². The topological polar surface area (TPSA) is 29.1 Å². The van der Waals surface area contributed by atoms with E-state index in [1.165, 1.54) is 24.8 Å². The number of amides is 1. The first kappa shape index (κ1) is 13.7. The van der Waals surface area contributed by atoms with Crippen LogP contribution in [0, 0.1) is 17.8 Å². The highest BCUT2D eigenvalue weighted by Gasteiger charge is 2.42. The van der Waals surface area contributed by atoms with Gasteiger partial charge in [0, 0.05) is 11.6 Å². The van der Waals surface area contributed by atoms with Crippen molar-refractivity contribution < 1.29 is 4.79 Å². The van der Waals surface area contributed by atoms with Crippen LogP contribution >= 0.6 is 0 Å². The first-order valence-electron chi connectivity index (χ1n) is 8.08. The monoisotopic (exact) mass is 271 g/mol. The van der Waals surface area contributed by atoms with Crippen molar-refractivity contribution in [1.29, 1.82) is 0 Å². The van der Waals surface area contributed by atoms with Crippen molar-refractivity contribution in [3.8, 4) is 0 Å². The van der Waals surface area contributed by atoms with Gasteiger partial charge in [-0.15, -0.1) is 0 Å². The molecule has 20 heavy (non-hydrogen) atoms.